The van der Waals surface area contributed by atoms with Gasteiger partial charge in [-0.2, -0.15) is 5.26 Å². The number of carbonyl (C=O) groups is 2. The van der Waals surface area contributed by atoms with E-state index in [4.69, 9.17) is 27.9 Å². The molecule has 1 aromatic carbocycles. The number of likely N-dealkylation sites (tertiary alicyclic amines) is 1. The number of nitrogens with zero attached hydrogens (tertiary/aromatic N) is 2. The summed E-state index contributed by atoms with van der Waals surface area (Å²) in [5, 5.41) is 12.6. The van der Waals surface area contributed by atoms with E-state index >= 15 is 0 Å². The minimum Gasteiger partial charge on any atom is -0.466 e. The van der Waals surface area contributed by atoms with Crippen molar-refractivity contribution >= 4 is 40.8 Å². The van der Waals surface area contributed by atoms with Gasteiger partial charge in [-0.05, 0) is 38.0 Å². The van der Waals surface area contributed by atoms with Gasteiger partial charge in [-0.15, -0.1) is 0 Å². The van der Waals surface area contributed by atoms with Crippen molar-refractivity contribution < 1.29 is 14.3 Å². The average molecular weight is 396 g/mol. The van der Waals surface area contributed by atoms with Gasteiger partial charge in [-0.25, -0.2) is 0 Å². The van der Waals surface area contributed by atoms with Crippen molar-refractivity contribution in [1.29, 1.82) is 5.26 Å². The van der Waals surface area contributed by atoms with Gasteiger partial charge in [-0.3, -0.25) is 9.59 Å². The number of esters is 1. The molecule has 1 aliphatic rings. The highest BCUT2D eigenvalue weighted by atomic mass is 35.5. The van der Waals surface area contributed by atoms with E-state index in [0.717, 1.165) is 0 Å². The lowest BCUT2D eigenvalue weighted by Gasteiger charge is -2.30. The SMILES string of the molecule is CCOC(=O)C1CCN(/C=C(/C#N)C(=O)Nc2ccc(Cl)c(Cl)c2)CC1. The van der Waals surface area contributed by atoms with Crippen LogP contribution >= 0.6 is 23.2 Å². The highest BCUT2D eigenvalue weighted by Gasteiger charge is 2.25. The number of anilines is 1. The molecule has 1 N–H and O–H groups in total. The van der Waals surface area contributed by atoms with Crippen LogP contribution in [0.15, 0.2) is 30.0 Å². The molecule has 0 saturated carbocycles. The van der Waals surface area contributed by atoms with E-state index in [9.17, 15) is 14.9 Å². The fraction of sp³-hybridized carbons (Fsp3) is 0.389. The zero-order valence-electron chi connectivity index (χ0n) is 14.3. The van der Waals surface area contributed by atoms with Crippen molar-refractivity contribution in [3.8, 4) is 6.07 Å². The van der Waals surface area contributed by atoms with Crippen LogP contribution in [0.3, 0.4) is 0 Å². The molecule has 0 spiro atoms. The molecule has 1 heterocycles. The summed E-state index contributed by atoms with van der Waals surface area (Å²) in [5.74, 6) is -0.845. The Kier molecular flexibility index (Phi) is 7.31. The summed E-state index contributed by atoms with van der Waals surface area (Å²) in [5.41, 5.74) is 0.428. The molecule has 0 bridgehead atoms. The monoisotopic (exact) mass is 395 g/mol. The van der Waals surface area contributed by atoms with Crippen LogP contribution in [0.5, 0.6) is 0 Å². The molecule has 1 saturated heterocycles. The molecule has 1 aromatic rings. The Balaban J connectivity index is 1.97. The minimum absolute atomic E-state index is 0.0225. The molecule has 1 fully saturated rings. The summed E-state index contributed by atoms with van der Waals surface area (Å²) < 4.78 is 5.03. The van der Waals surface area contributed by atoms with E-state index in [2.05, 4.69) is 5.32 Å². The van der Waals surface area contributed by atoms with E-state index < -0.39 is 5.91 Å². The third kappa shape index (κ3) is 5.38. The van der Waals surface area contributed by atoms with Crippen LogP contribution in [-0.4, -0.2) is 36.5 Å². The first-order valence-corrected chi connectivity index (χ1v) is 8.99. The zero-order chi connectivity index (χ0) is 19.1. The maximum absolute atomic E-state index is 12.3. The van der Waals surface area contributed by atoms with Crippen LogP contribution < -0.4 is 5.32 Å². The highest BCUT2D eigenvalue weighted by molar-refractivity contribution is 6.42. The molecule has 1 amide bonds. The number of hydrogen-bond donors (Lipinski definition) is 1. The van der Waals surface area contributed by atoms with E-state index in [1.54, 1.807) is 19.1 Å². The van der Waals surface area contributed by atoms with Crippen molar-refractivity contribution in [3.05, 3.63) is 40.0 Å². The fourth-order valence-electron chi connectivity index (χ4n) is 2.62. The lowest BCUT2D eigenvalue weighted by atomic mass is 9.97. The number of nitriles is 1. The van der Waals surface area contributed by atoms with Gasteiger partial charge in [0, 0.05) is 25.0 Å². The summed E-state index contributed by atoms with van der Waals surface area (Å²) in [6.45, 7) is 3.30. The summed E-state index contributed by atoms with van der Waals surface area (Å²) in [6.07, 6.45) is 2.78. The van der Waals surface area contributed by atoms with E-state index in [1.807, 2.05) is 11.0 Å². The van der Waals surface area contributed by atoms with Crippen molar-refractivity contribution in [1.82, 2.24) is 4.90 Å². The first-order chi connectivity index (χ1) is 12.4. The number of rotatable bonds is 5. The molecular weight excluding hydrogens is 377 g/mol. The van der Waals surface area contributed by atoms with Crippen molar-refractivity contribution in [2.24, 2.45) is 5.92 Å². The van der Waals surface area contributed by atoms with Crippen LogP contribution in [0.4, 0.5) is 5.69 Å². The highest BCUT2D eigenvalue weighted by Crippen LogP contribution is 2.25. The summed E-state index contributed by atoms with van der Waals surface area (Å²) >= 11 is 11.8. The quantitative estimate of drug-likeness (QED) is 0.467. The lowest BCUT2D eigenvalue weighted by molar-refractivity contribution is -0.149. The third-order valence-corrected chi connectivity index (χ3v) is 4.74. The van der Waals surface area contributed by atoms with E-state index in [0.29, 0.717) is 48.3 Å². The topological polar surface area (TPSA) is 82.4 Å². The van der Waals surface area contributed by atoms with Crippen LogP contribution in [-0.2, 0) is 14.3 Å². The fourth-order valence-corrected chi connectivity index (χ4v) is 2.92. The number of halogens is 2. The van der Waals surface area contributed by atoms with Gasteiger partial charge in [0.05, 0.1) is 22.6 Å². The molecule has 0 radical (unpaired) electrons. The number of benzene rings is 1. The first kappa shape index (κ1) is 20.1. The number of hydrogen-bond acceptors (Lipinski definition) is 5. The predicted octanol–water partition coefficient (Wildman–Crippen LogP) is 3.61. The van der Waals surface area contributed by atoms with Crippen LogP contribution in [0.2, 0.25) is 10.0 Å². The molecule has 26 heavy (non-hydrogen) atoms. The molecule has 6 nitrogen and oxygen atoms in total. The third-order valence-electron chi connectivity index (χ3n) is 4.00. The van der Waals surface area contributed by atoms with E-state index in [-0.39, 0.29) is 17.5 Å². The average Bonchev–Trinajstić information content (AvgIpc) is 2.63. The smallest absolute Gasteiger partial charge is 0.309 e. The van der Waals surface area contributed by atoms with Crippen LogP contribution in [0.1, 0.15) is 19.8 Å². The van der Waals surface area contributed by atoms with Gasteiger partial charge >= 0.3 is 5.97 Å². The number of nitrogens with one attached hydrogen (secondary N) is 1. The standard InChI is InChI=1S/C18H19Cl2N3O3/c1-2-26-18(25)12-5-7-23(8-6-12)11-13(10-21)17(24)22-14-3-4-15(19)16(20)9-14/h3-4,9,11-12H,2,5-8H2,1H3,(H,22,24)/b13-11-. The zero-order valence-corrected chi connectivity index (χ0v) is 15.8. The molecule has 0 unspecified atom stereocenters. The number of piperidine rings is 1. The van der Waals surface area contributed by atoms with Crippen molar-refractivity contribution in [2.75, 3.05) is 25.0 Å². The van der Waals surface area contributed by atoms with Crippen LogP contribution in [0.25, 0.3) is 0 Å². The summed E-state index contributed by atoms with van der Waals surface area (Å²) in [4.78, 5) is 25.9. The maximum atomic E-state index is 12.3. The Bertz CT molecular complexity index is 751. The van der Waals surface area contributed by atoms with E-state index in [1.165, 1.54) is 12.3 Å². The molecule has 8 heteroatoms. The maximum Gasteiger partial charge on any atom is 0.309 e. The van der Waals surface area contributed by atoms with Gasteiger partial charge in [0.25, 0.3) is 5.91 Å². The molecule has 1 aliphatic heterocycles. The molecular formula is C18H19Cl2N3O3. The van der Waals surface area contributed by atoms with Gasteiger partial charge in [0.2, 0.25) is 0 Å². The molecule has 138 valence electrons. The second-order valence-electron chi connectivity index (χ2n) is 5.80. The van der Waals surface area contributed by atoms with Gasteiger partial charge in [-0.1, -0.05) is 23.2 Å². The Hall–Kier alpha value is -2.23. The lowest BCUT2D eigenvalue weighted by Crippen LogP contribution is -2.34. The van der Waals surface area contributed by atoms with Crippen molar-refractivity contribution in [3.63, 3.8) is 0 Å². The second-order valence-corrected chi connectivity index (χ2v) is 6.61. The molecule has 0 atom stereocenters. The number of amides is 1. The normalized spacial score (nSPS) is 15.3. The number of ether oxygens (including phenoxy) is 1. The Labute approximate surface area is 162 Å². The first-order valence-electron chi connectivity index (χ1n) is 8.23. The molecule has 2 rings (SSSR count). The predicted molar refractivity (Wildman–Crippen MR) is 99.7 cm³/mol. The molecule has 0 aromatic heterocycles. The van der Waals surface area contributed by atoms with Gasteiger partial charge < -0.3 is 15.0 Å². The minimum atomic E-state index is -0.529. The van der Waals surface area contributed by atoms with Crippen LogP contribution in [0, 0.1) is 17.2 Å². The number of carbonyl (C=O) groups excluding carboxylic acids is 2. The Morgan fingerprint density at radius 1 is 1.35 bits per heavy atom. The largest absolute Gasteiger partial charge is 0.466 e. The summed E-state index contributed by atoms with van der Waals surface area (Å²) in [6, 6.07) is 6.59. The Morgan fingerprint density at radius 3 is 2.62 bits per heavy atom. The Morgan fingerprint density at radius 2 is 2.04 bits per heavy atom. The van der Waals surface area contributed by atoms with Gasteiger partial charge in [0.15, 0.2) is 0 Å². The molecule has 0 aliphatic carbocycles. The second kappa shape index (κ2) is 9.46. The van der Waals surface area contributed by atoms with Gasteiger partial charge in [0.1, 0.15) is 11.6 Å². The summed E-state index contributed by atoms with van der Waals surface area (Å²) in [7, 11) is 0. The van der Waals surface area contributed by atoms with Crippen molar-refractivity contribution in [2.45, 2.75) is 19.8 Å².